The molecule has 16 nitrogen and oxygen atoms in total. The maximum absolute atomic E-state index is 13.5. The third-order valence-corrected chi connectivity index (χ3v) is 10.2. The van der Waals surface area contributed by atoms with Gasteiger partial charge >= 0.3 is 22.4 Å². The Bertz CT molecular complexity index is 2000. The SMILES string of the molecule is C=C[C@@H]1CCC(C)=C[C@H]1c1c(C)cc(CCCCC)cc1OC(=NC)OC/C=C1\[C@H](NC(=O)/C(=N\OC(C)(C)C(=O)O)C2=CCC(N)=N2)C(=O)N1S(=O)(=O)O. The first-order valence-electron chi connectivity index (χ1n) is 18.0. The molecule has 55 heavy (non-hydrogen) atoms. The Morgan fingerprint density at radius 3 is 2.56 bits per heavy atom. The number of oxime groups is 1. The molecule has 0 spiro atoms. The number of benzene rings is 1. The van der Waals surface area contributed by atoms with Crippen molar-refractivity contribution in [3.05, 3.63) is 76.7 Å². The maximum Gasteiger partial charge on any atom is 0.389 e. The predicted molar refractivity (Wildman–Crippen MR) is 207 cm³/mol. The minimum atomic E-state index is -5.11. The van der Waals surface area contributed by atoms with E-state index in [-0.39, 0.29) is 45.9 Å². The lowest BCUT2D eigenvalue weighted by Gasteiger charge is -2.38. The van der Waals surface area contributed by atoms with Crippen LogP contribution in [0.1, 0.15) is 88.8 Å². The van der Waals surface area contributed by atoms with Gasteiger partial charge in [-0.05, 0) is 88.6 Å². The van der Waals surface area contributed by atoms with E-state index in [4.69, 9.17) is 20.0 Å². The summed E-state index contributed by atoms with van der Waals surface area (Å²) in [4.78, 5) is 51.3. The summed E-state index contributed by atoms with van der Waals surface area (Å²) >= 11 is 0. The summed E-state index contributed by atoms with van der Waals surface area (Å²) in [6.07, 6.45) is 12.7. The molecule has 17 heteroatoms. The molecular weight excluding hydrogens is 733 g/mol. The Morgan fingerprint density at radius 1 is 1.24 bits per heavy atom. The first-order valence-corrected chi connectivity index (χ1v) is 19.4. The van der Waals surface area contributed by atoms with Crippen molar-refractivity contribution in [2.75, 3.05) is 13.7 Å². The zero-order valence-electron chi connectivity index (χ0n) is 32.0. The van der Waals surface area contributed by atoms with E-state index in [2.05, 4.69) is 53.0 Å². The van der Waals surface area contributed by atoms with Crippen LogP contribution in [-0.2, 0) is 40.7 Å². The monoisotopic (exact) mass is 782 g/mol. The molecule has 2 heterocycles. The molecule has 0 unspecified atom stereocenters. The van der Waals surface area contributed by atoms with E-state index in [1.807, 2.05) is 19.1 Å². The van der Waals surface area contributed by atoms with Crippen molar-refractivity contribution in [2.45, 2.75) is 97.1 Å². The summed E-state index contributed by atoms with van der Waals surface area (Å²) in [5, 5.41) is 15.5. The molecule has 4 rings (SSSR count). The quantitative estimate of drug-likeness (QED) is 0.0343. The summed E-state index contributed by atoms with van der Waals surface area (Å²) in [6.45, 7) is 12.4. The molecule has 0 aromatic heterocycles. The zero-order valence-corrected chi connectivity index (χ0v) is 32.8. The molecule has 0 bridgehead atoms. The third kappa shape index (κ3) is 10.3. The van der Waals surface area contributed by atoms with Crippen molar-refractivity contribution in [2.24, 2.45) is 26.8 Å². The Kier molecular flexibility index (Phi) is 13.8. The summed E-state index contributed by atoms with van der Waals surface area (Å²) in [5.41, 5.74) is 7.32. The van der Waals surface area contributed by atoms with Crippen LogP contribution in [-0.4, -0.2) is 83.1 Å². The highest BCUT2D eigenvalue weighted by Gasteiger charge is 2.50. The van der Waals surface area contributed by atoms with Crippen LogP contribution in [0.15, 0.2) is 75.1 Å². The molecule has 298 valence electrons. The number of hydrogen-bond donors (Lipinski definition) is 4. The van der Waals surface area contributed by atoms with E-state index in [9.17, 15) is 32.5 Å². The normalized spacial score (nSPS) is 21.3. The van der Waals surface area contributed by atoms with Gasteiger partial charge in [0.15, 0.2) is 11.8 Å². The number of ether oxygens (including phenoxy) is 2. The third-order valence-electron chi connectivity index (χ3n) is 9.38. The Balaban J connectivity index is 1.61. The average molecular weight is 783 g/mol. The summed E-state index contributed by atoms with van der Waals surface area (Å²) in [5.74, 6) is -2.79. The summed E-state index contributed by atoms with van der Waals surface area (Å²) in [7, 11) is -3.65. The molecular formula is C38H50N6O10S. The van der Waals surface area contributed by atoms with Gasteiger partial charge in [0, 0.05) is 24.9 Å². The molecule has 1 saturated heterocycles. The topological polar surface area (TPSA) is 232 Å². The first kappa shape index (κ1) is 42.5. The standard InChI is InChI=1S/C38H50N6O10S/c1-8-10-11-12-24-20-23(4)31(26-19-22(3)13-14-25(26)9-2)29(21-24)53-37(40-7)52-18-17-28-33(35(46)44(28)55(49,50)51)42-34(45)32(27-15-16-30(39)41-27)43-54-38(5,6)36(47)48/h9,15,17,19-21,25-26,33H,2,8,10-14,16,18H2,1,3-7H3,(H2,39,41)(H,42,45)(H,47,48)(H,49,50,51)/b28-17+,40-37?,43-32-/t25-,26-,33+/m1/s1. The molecule has 1 aromatic rings. The maximum atomic E-state index is 13.5. The van der Waals surface area contributed by atoms with Gasteiger partial charge in [-0.3, -0.25) is 14.1 Å². The van der Waals surface area contributed by atoms with Crippen LogP contribution in [0.2, 0.25) is 0 Å². The smallest absolute Gasteiger partial charge is 0.389 e. The van der Waals surface area contributed by atoms with Gasteiger partial charge in [0.05, 0.1) is 11.4 Å². The van der Waals surface area contributed by atoms with Gasteiger partial charge in [0.2, 0.25) is 5.60 Å². The van der Waals surface area contributed by atoms with E-state index >= 15 is 0 Å². The number of aliphatic carboxylic acids is 1. The first-order chi connectivity index (χ1) is 25.9. The predicted octanol–water partition coefficient (Wildman–Crippen LogP) is 4.63. The molecule has 1 aromatic carbocycles. The molecule has 2 amide bonds. The summed E-state index contributed by atoms with van der Waals surface area (Å²) in [6, 6.07) is 2.56. The van der Waals surface area contributed by atoms with Gasteiger partial charge in [-0.15, -0.1) is 6.58 Å². The lowest BCUT2D eigenvalue weighted by Crippen LogP contribution is -2.64. The van der Waals surface area contributed by atoms with Crippen LogP contribution in [0.3, 0.4) is 0 Å². The molecule has 3 aliphatic rings. The Morgan fingerprint density at radius 2 is 1.96 bits per heavy atom. The fraction of sp³-hybridized carbons (Fsp3) is 0.474. The second-order valence-electron chi connectivity index (χ2n) is 14.0. The van der Waals surface area contributed by atoms with Crippen molar-refractivity contribution in [1.29, 1.82) is 0 Å². The highest BCUT2D eigenvalue weighted by atomic mass is 32.2. The number of nitrogens with two attached hydrogens (primary N) is 1. The number of nitrogens with zero attached hydrogens (tertiary/aromatic N) is 4. The van der Waals surface area contributed by atoms with E-state index in [0.29, 0.717) is 5.75 Å². The van der Waals surface area contributed by atoms with Gasteiger partial charge in [-0.2, -0.15) is 12.7 Å². The van der Waals surface area contributed by atoms with Gasteiger partial charge in [-0.1, -0.05) is 48.7 Å². The number of β-lactam (4-membered cyclic amide) rings is 1. The van der Waals surface area contributed by atoms with Gasteiger partial charge in [-0.25, -0.2) is 14.8 Å². The Labute approximate surface area is 321 Å². The number of carbonyl (C=O) groups is 3. The Hall–Kier alpha value is -5.29. The lowest BCUT2D eigenvalue weighted by atomic mass is 9.75. The van der Waals surface area contributed by atoms with Crippen molar-refractivity contribution in [3.8, 4) is 5.75 Å². The van der Waals surface area contributed by atoms with Gasteiger partial charge in [0.25, 0.3) is 11.8 Å². The van der Waals surface area contributed by atoms with Crippen LogP contribution < -0.4 is 15.8 Å². The largest absolute Gasteiger partial charge is 0.478 e. The van der Waals surface area contributed by atoms with Crippen molar-refractivity contribution >= 4 is 45.7 Å². The summed E-state index contributed by atoms with van der Waals surface area (Å²) < 4.78 is 46.5. The molecule has 0 saturated carbocycles. The lowest BCUT2D eigenvalue weighted by molar-refractivity contribution is -0.161. The number of aliphatic imine (C=N–C) groups is 2. The molecule has 2 aliphatic heterocycles. The number of carbonyl (C=O) groups excluding carboxylic acids is 2. The number of aryl methyl sites for hydroxylation is 2. The molecule has 1 aliphatic carbocycles. The zero-order chi connectivity index (χ0) is 40.7. The number of amides is 2. The van der Waals surface area contributed by atoms with E-state index in [0.717, 1.165) is 61.3 Å². The number of amidine groups is 1. The number of rotatable bonds is 16. The molecule has 0 radical (unpaired) electrons. The van der Waals surface area contributed by atoms with Crippen molar-refractivity contribution in [1.82, 2.24) is 9.62 Å². The number of unbranched alkanes of at least 4 members (excludes halogenated alkanes) is 2. The van der Waals surface area contributed by atoms with Crippen LogP contribution in [0.5, 0.6) is 5.75 Å². The van der Waals surface area contributed by atoms with E-state index < -0.39 is 52.0 Å². The molecule has 5 N–H and O–H groups in total. The molecule has 1 fully saturated rings. The second-order valence-corrected chi connectivity index (χ2v) is 15.3. The fourth-order valence-corrected chi connectivity index (χ4v) is 7.14. The number of carboxylic acid groups (broad SMARTS) is 1. The van der Waals surface area contributed by atoms with E-state index in [1.165, 1.54) is 32.5 Å². The van der Waals surface area contributed by atoms with Crippen LogP contribution >= 0.6 is 0 Å². The number of allylic oxidation sites excluding steroid dienone is 3. The average Bonchev–Trinajstić information content (AvgIpc) is 3.54. The number of nitrogens with one attached hydrogen (secondary N) is 1. The minimum Gasteiger partial charge on any atom is -0.478 e. The van der Waals surface area contributed by atoms with Gasteiger partial charge in [0.1, 0.15) is 18.2 Å². The minimum absolute atomic E-state index is 0.00370. The van der Waals surface area contributed by atoms with Crippen LogP contribution in [0.25, 0.3) is 0 Å². The van der Waals surface area contributed by atoms with E-state index in [1.54, 1.807) is 0 Å². The number of hydrogen-bond acceptors (Lipinski definition) is 12. The van der Waals surface area contributed by atoms with Crippen molar-refractivity contribution in [3.63, 3.8) is 0 Å². The van der Waals surface area contributed by atoms with Gasteiger partial charge < -0.3 is 30.5 Å². The van der Waals surface area contributed by atoms with Crippen molar-refractivity contribution < 1.29 is 46.8 Å². The molecule has 3 atom stereocenters. The number of carboxylic acids is 1. The second kappa shape index (κ2) is 17.9. The fourth-order valence-electron chi connectivity index (χ4n) is 6.36. The highest BCUT2D eigenvalue weighted by molar-refractivity contribution is 7.84. The van der Waals surface area contributed by atoms with Crippen LogP contribution in [0.4, 0.5) is 0 Å². The van der Waals surface area contributed by atoms with Crippen LogP contribution in [0, 0.1) is 12.8 Å². The highest BCUT2D eigenvalue weighted by Crippen LogP contribution is 2.43.